The highest BCUT2D eigenvalue weighted by atomic mass is 79.9. The van der Waals surface area contributed by atoms with Crippen LogP contribution in [0, 0.1) is 0 Å². The van der Waals surface area contributed by atoms with Crippen LogP contribution in [-0.4, -0.2) is 37.3 Å². The van der Waals surface area contributed by atoms with Gasteiger partial charge in [0, 0.05) is 27.2 Å². The smallest absolute Gasteiger partial charge is 0.232 e. The molecule has 0 aromatic carbocycles. The summed E-state index contributed by atoms with van der Waals surface area (Å²) in [5, 5.41) is 2.85. The fourth-order valence-electron chi connectivity index (χ4n) is 0.945. The Hall–Kier alpha value is -0.880. The minimum atomic E-state index is 0.542. The Bertz CT molecular complexity index is 309. The summed E-state index contributed by atoms with van der Waals surface area (Å²) in [5.74, 6) is 1.09. The molecule has 0 aliphatic heterocycles. The van der Waals surface area contributed by atoms with Gasteiger partial charge in [-0.3, -0.25) is 0 Å². The van der Waals surface area contributed by atoms with Gasteiger partial charge in [-0.2, -0.15) is 4.98 Å². The number of halogens is 1. The predicted molar refractivity (Wildman–Crippen MR) is 61.3 cm³/mol. The Morgan fingerprint density at radius 1 is 1.47 bits per heavy atom. The van der Waals surface area contributed by atoms with Crippen LogP contribution in [0.4, 0.5) is 5.95 Å². The van der Waals surface area contributed by atoms with Gasteiger partial charge in [-0.25, -0.2) is 4.98 Å². The zero-order valence-corrected chi connectivity index (χ0v) is 10.4. The summed E-state index contributed by atoms with van der Waals surface area (Å²) in [7, 11) is 3.43. The molecule has 0 saturated carbocycles. The fraction of sp³-hybridized carbons (Fsp3) is 0.556. The van der Waals surface area contributed by atoms with E-state index in [1.807, 2.05) is 0 Å². The lowest BCUT2D eigenvalue weighted by Gasteiger charge is -2.07. The molecule has 1 rings (SSSR count). The maximum Gasteiger partial charge on any atom is 0.232 e. The molecule has 0 unspecified atom stereocenters. The van der Waals surface area contributed by atoms with E-state index in [9.17, 15) is 0 Å². The van der Waals surface area contributed by atoms with Crippen LogP contribution in [0.2, 0.25) is 0 Å². The molecule has 0 aliphatic carbocycles. The van der Waals surface area contributed by atoms with Crippen molar-refractivity contribution in [2.75, 3.05) is 32.7 Å². The summed E-state index contributed by atoms with van der Waals surface area (Å²) in [5.41, 5.74) is 0. The normalized spacial score (nSPS) is 10.1. The van der Waals surface area contributed by atoms with Crippen molar-refractivity contribution in [1.29, 1.82) is 0 Å². The van der Waals surface area contributed by atoms with E-state index in [0.717, 1.165) is 10.9 Å². The molecule has 1 aromatic rings. The number of hydrogen-bond acceptors (Lipinski definition) is 5. The average molecular weight is 276 g/mol. The van der Waals surface area contributed by atoms with E-state index in [0.29, 0.717) is 25.0 Å². The van der Waals surface area contributed by atoms with Gasteiger partial charge in [0.25, 0.3) is 0 Å². The number of aromatic nitrogens is 2. The molecule has 5 nitrogen and oxygen atoms in total. The van der Waals surface area contributed by atoms with Crippen molar-refractivity contribution in [2.24, 2.45) is 0 Å². The molecule has 0 atom stereocenters. The zero-order valence-electron chi connectivity index (χ0n) is 8.79. The molecule has 1 heterocycles. The van der Waals surface area contributed by atoms with Gasteiger partial charge in [-0.1, -0.05) is 0 Å². The molecule has 1 aromatic heterocycles. The van der Waals surface area contributed by atoms with Gasteiger partial charge in [0.15, 0.2) is 0 Å². The SMILES string of the molecule is CNc1ncc(Br)c(OCCCOC)n1. The summed E-state index contributed by atoms with van der Waals surface area (Å²) in [6, 6.07) is 0. The third kappa shape index (κ3) is 4.01. The van der Waals surface area contributed by atoms with E-state index in [1.54, 1.807) is 20.4 Å². The van der Waals surface area contributed by atoms with E-state index < -0.39 is 0 Å². The number of nitrogens with one attached hydrogen (secondary N) is 1. The second kappa shape index (κ2) is 6.58. The van der Waals surface area contributed by atoms with Crippen molar-refractivity contribution in [1.82, 2.24) is 9.97 Å². The lowest BCUT2D eigenvalue weighted by molar-refractivity contribution is 0.170. The molecular weight excluding hydrogens is 262 g/mol. The van der Waals surface area contributed by atoms with Crippen LogP contribution < -0.4 is 10.1 Å². The highest BCUT2D eigenvalue weighted by Crippen LogP contribution is 2.22. The van der Waals surface area contributed by atoms with Crippen molar-refractivity contribution < 1.29 is 9.47 Å². The van der Waals surface area contributed by atoms with Crippen LogP contribution in [0.1, 0.15) is 6.42 Å². The summed E-state index contributed by atoms with van der Waals surface area (Å²) >= 11 is 3.32. The molecule has 84 valence electrons. The molecule has 6 heteroatoms. The third-order valence-corrected chi connectivity index (χ3v) is 2.21. The van der Waals surface area contributed by atoms with E-state index in [2.05, 4.69) is 31.2 Å². The van der Waals surface area contributed by atoms with Gasteiger partial charge in [-0.05, 0) is 15.9 Å². The number of anilines is 1. The molecule has 15 heavy (non-hydrogen) atoms. The van der Waals surface area contributed by atoms with Crippen LogP contribution in [0.25, 0.3) is 0 Å². The number of methoxy groups -OCH3 is 1. The zero-order chi connectivity index (χ0) is 11.1. The standard InChI is InChI=1S/C9H14BrN3O2/c1-11-9-12-6-7(10)8(13-9)15-5-3-4-14-2/h6H,3-5H2,1-2H3,(H,11,12,13). The Balaban J connectivity index is 2.51. The molecule has 0 bridgehead atoms. The average Bonchev–Trinajstić information content (AvgIpc) is 2.26. The quantitative estimate of drug-likeness (QED) is 0.801. The van der Waals surface area contributed by atoms with E-state index in [4.69, 9.17) is 9.47 Å². The predicted octanol–water partition coefficient (Wildman–Crippen LogP) is 1.70. The van der Waals surface area contributed by atoms with Gasteiger partial charge in [0.1, 0.15) is 0 Å². The first-order chi connectivity index (χ1) is 7.27. The lowest BCUT2D eigenvalue weighted by atomic mass is 10.5. The van der Waals surface area contributed by atoms with Crippen molar-refractivity contribution in [3.63, 3.8) is 0 Å². The molecule has 0 amide bonds. The first-order valence-electron chi connectivity index (χ1n) is 4.60. The van der Waals surface area contributed by atoms with Crippen LogP contribution in [0.15, 0.2) is 10.7 Å². The van der Waals surface area contributed by atoms with E-state index in [1.165, 1.54) is 0 Å². The molecule has 0 saturated heterocycles. The Kier molecular flexibility index (Phi) is 5.34. The first kappa shape index (κ1) is 12.2. The van der Waals surface area contributed by atoms with Gasteiger partial charge >= 0.3 is 0 Å². The summed E-state index contributed by atoms with van der Waals surface area (Å²) in [4.78, 5) is 8.18. The minimum absolute atomic E-state index is 0.542. The second-order valence-electron chi connectivity index (χ2n) is 2.79. The lowest BCUT2D eigenvalue weighted by Crippen LogP contribution is -2.05. The topological polar surface area (TPSA) is 56.3 Å². The molecule has 0 fully saturated rings. The van der Waals surface area contributed by atoms with Gasteiger partial charge in [0.2, 0.25) is 11.8 Å². The monoisotopic (exact) mass is 275 g/mol. The van der Waals surface area contributed by atoms with Crippen molar-refractivity contribution in [3.8, 4) is 5.88 Å². The summed E-state index contributed by atoms with van der Waals surface area (Å²) in [6.07, 6.45) is 2.49. The van der Waals surface area contributed by atoms with E-state index >= 15 is 0 Å². The number of rotatable bonds is 6. The summed E-state index contributed by atoms with van der Waals surface area (Å²) in [6.45, 7) is 1.26. The molecule has 0 spiro atoms. The summed E-state index contributed by atoms with van der Waals surface area (Å²) < 4.78 is 11.1. The first-order valence-corrected chi connectivity index (χ1v) is 5.39. The fourth-order valence-corrected chi connectivity index (χ4v) is 1.25. The number of nitrogens with zero attached hydrogens (tertiary/aromatic N) is 2. The van der Waals surface area contributed by atoms with Crippen LogP contribution in [0.5, 0.6) is 5.88 Å². The highest BCUT2D eigenvalue weighted by molar-refractivity contribution is 9.10. The molecular formula is C9H14BrN3O2. The van der Waals surface area contributed by atoms with E-state index in [-0.39, 0.29) is 0 Å². The minimum Gasteiger partial charge on any atom is -0.477 e. The second-order valence-corrected chi connectivity index (χ2v) is 3.65. The molecule has 0 aliphatic rings. The number of hydrogen-bond donors (Lipinski definition) is 1. The Labute approximate surface area is 97.3 Å². The van der Waals surface area contributed by atoms with Crippen molar-refractivity contribution in [3.05, 3.63) is 10.7 Å². The molecule has 1 N–H and O–H groups in total. The van der Waals surface area contributed by atoms with Gasteiger partial charge in [0.05, 0.1) is 17.3 Å². The van der Waals surface area contributed by atoms with Crippen LogP contribution in [-0.2, 0) is 4.74 Å². The number of ether oxygens (including phenoxy) is 2. The van der Waals surface area contributed by atoms with Gasteiger partial charge in [-0.15, -0.1) is 0 Å². The van der Waals surface area contributed by atoms with Crippen LogP contribution in [0.3, 0.4) is 0 Å². The maximum absolute atomic E-state index is 5.46. The van der Waals surface area contributed by atoms with Crippen molar-refractivity contribution >= 4 is 21.9 Å². The maximum atomic E-state index is 5.46. The molecule has 0 radical (unpaired) electrons. The van der Waals surface area contributed by atoms with Gasteiger partial charge < -0.3 is 14.8 Å². The Morgan fingerprint density at radius 3 is 2.93 bits per heavy atom. The third-order valence-electron chi connectivity index (χ3n) is 1.67. The Morgan fingerprint density at radius 2 is 2.27 bits per heavy atom. The van der Waals surface area contributed by atoms with Crippen LogP contribution >= 0.6 is 15.9 Å². The highest BCUT2D eigenvalue weighted by Gasteiger charge is 2.04. The largest absolute Gasteiger partial charge is 0.477 e. The van der Waals surface area contributed by atoms with Crippen molar-refractivity contribution in [2.45, 2.75) is 6.42 Å².